The van der Waals surface area contributed by atoms with E-state index in [1.165, 1.54) is 0 Å². The number of hydrogen-bond donors (Lipinski definition) is 3. The van der Waals surface area contributed by atoms with E-state index >= 15 is 0 Å². The summed E-state index contributed by atoms with van der Waals surface area (Å²) in [5.74, 6) is 0.808. The Balaban J connectivity index is 2.11. The van der Waals surface area contributed by atoms with Gasteiger partial charge in [0.25, 0.3) is 0 Å². The van der Waals surface area contributed by atoms with E-state index in [0.29, 0.717) is 24.3 Å². The minimum absolute atomic E-state index is 0.141. The summed E-state index contributed by atoms with van der Waals surface area (Å²) in [4.78, 5) is 4.64. The van der Waals surface area contributed by atoms with Crippen LogP contribution in [0.25, 0.3) is 16.9 Å². The number of halogens is 1. The lowest BCUT2D eigenvalue weighted by molar-refractivity contribution is 0.292. The van der Waals surface area contributed by atoms with Crippen LogP contribution >= 0.6 is 15.9 Å². The van der Waals surface area contributed by atoms with Crippen LogP contribution in [0.2, 0.25) is 0 Å². The zero-order valence-corrected chi connectivity index (χ0v) is 13.4. The summed E-state index contributed by atoms with van der Waals surface area (Å²) < 4.78 is 2.54. The molecule has 0 aliphatic rings. The highest BCUT2D eigenvalue weighted by molar-refractivity contribution is 9.10. The molecule has 114 valence electrons. The number of nitrogens with zero attached hydrogens (tertiary/aromatic N) is 3. The molecule has 0 saturated carbocycles. The molecule has 0 saturated heterocycles. The van der Waals surface area contributed by atoms with Gasteiger partial charge in [-0.05, 0) is 28.4 Å². The van der Waals surface area contributed by atoms with Gasteiger partial charge in [0.2, 0.25) is 0 Å². The quantitative estimate of drug-likeness (QED) is 0.480. The van der Waals surface area contributed by atoms with Gasteiger partial charge in [-0.1, -0.05) is 18.2 Å². The molecule has 0 bridgehead atoms. The molecule has 7 heteroatoms. The zero-order chi connectivity index (χ0) is 15.5. The van der Waals surface area contributed by atoms with Crippen molar-refractivity contribution in [3.8, 4) is 11.3 Å². The van der Waals surface area contributed by atoms with Gasteiger partial charge >= 0.3 is 0 Å². The van der Waals surface area contributed by atoms with Gasteiger partial charge < -0.3 is 16.2 Å². The second-order valence-corrected chi connectivity index (χ2v) is 5.70. The number of nitrogens with one attached hydrogen (secondary N) is 1. The molecule has 0 radical (unpaired) electrons. The fourth-order valence-electron chi connectivity index (χ4n) is 2.23. The molecule has 0 unspecified atom stereocenters. The first-order valence-electron chi connectivity index (χ1n) is 6.94. The van der Waals surface area contributed by atoms with Crippen LogP contribution in [0.15, 0.2) is 41.0 Å². The van der Waals surface area contributed by atoms with E-state index in [1.54, 1.807) is 10.7 Å². The lowest BCUT2D eigenvalue weighted by atomic mass is 10.1. The van der Waals surface area contributed by atoms with Crippen LogP contribution in [0.1, 0.15) is 6.42 Å². The largest absolute Gasteiger partial charge is 0.398 e. The summed E-state index contributed by atoms with van der Waals surface area (Å²) >= 11 is 3.46. The molecule has 0 spiro atoms. The molecular weight excluding hydrogens is 346 g/mol. The molecule has 0 aliphatic carbocycles. The van der Waals surface area contributed by atoms with Crippen molar-refractivity contribution >= 4 is 33.1 Å². The number of fused-ring (bicyclic) bond motifs is 1. The Hall–Kier alpha value is -2.12. The molecule has 6 nitrogen and oxygen atoms in total. The standard InChI is InChI=1S/C15H16BrN5O/c16-11-9-19-21-14(18-6-3-7-22)8-13(20-15(11)21)10-4-1-2-5-12(10)17/h1-2,4-5,8-9,18,22H,3,6-7,17H2. The molecule has 0 fully saturated rings. The normalized spacial score (nSPS) is 11.0. The third-order valence-corrected chi connectivity index (χ3v) is 3.87. The average Bonchev–Trinajstić information content (AvgIpc) is 2.90. The molecule has 3 aromatic rings. The van der Waals surface area contributed by atoms with E-state index in [4.69, 9.17) is 10.8 Å². The van der Waals surface area contributed by atoms with Gasteiger partial charge in [0.1, 0.15) is 5.82 Å². The number of para-hydroxylation sites is 1. The molecular formula is C15H16BrN5O. The monoisotopic (exact) mass is 361 g/mol. The van der Waals surface area contributed by atoms with Crippen LogP contribution in [0.4, 0.5) is 11.5 Å². The number of benzene rings is 1. The highest BCUT2D eigenvalue weighted by Crippen LogP contribution is 2.28. The van der Waals surface area contributed by atoms with Crippen molar-refractivity contribution in [2.45, 2.75) is 6.42 Å². The molecule has 2 heterocycles. The maximum absolute atomic E-state index is 8.93. The third-order valence-electron chi connectivity index (χ3n) is 3.31. The van der Waals surface area contributed by atoms with Crippen molar-refractivity contribution in [1.82, 2.24) is 14.6 Å². The molecule has 0 aliphatic heterocycles. The van der Waals surface area contributed by atoms with Gasteiger partial charge in [-0.25, -0.2) is 4.98 Å². The smallest absolute Gasteiger partial charge is 0.172 e. The third kappa shape index (κ3) is 2.77. The van der Waals surface area contributed by atoms with Crippen molar-refractivity contribution in [1.29, 1.82) is 0 Å². The van der Waals surface area contributed by atoms with Crippen molar-refractivity contribution in [2.75, 3.05) is 24.2 Å². The van der Waals surface area contributed by atoms with E-state index in [2.05, 4.69) is 31.3 Å². The van der Waals surface area contributed by atoms with Crippen molar-refractivity contribution < 1.29 is 5.11 Å². The summed E-state index contributed by atoms with van der Waals surface area (Å²) in [6.45, 7) is 0.791. The number of aliphatic hydroxyl groups is 1. The Morgan fingerprint density at radius 1 is 1.32 bits per heavy atom. The summed E-state index contributed by atoms with van der Waals surface area (Å²) in [6.07, 6.45) is 2.37. The number of aromatic nitrogens is 3. The number of aliphatic hydroxyl groups excluding tert-OH is 1. The van der Waals surface area contributed by atoms with Crippen LogP contribution in [-0.4, -0.2) is 32.9 Å². The van der Waals surface area contributed by atoms with Gasteiger partial charge in [-0.3, -0.25) is 0 Å². The number of nitrogen functional groups attached to an aromatic ring is 1. The number of nitrogens with two attached hydrogens (primary N) is 1. The van der Waals surface area contributed by atoms with Crippen LogP contribution in [0, 0.1) is 0 Å². The number of anilines is 2. The highest BCUT2D eigenvalue weighted by atomic mass is 79.9. The molecule has 22 heavy (non-hydrogen) atoms. The van der Waals surface area contributed by atoms with Crippen molar-refractivity contribution in [2.24, 2.45) is 0 Å². The highest BCUT2D eigenvalue weighted by Gasteiger charge is 2.12. The Labute approximate surface area is 136 Å². The fraction of sp³-hybridized carbons (Fsp3) is 0.200. The maximum Gasteiger partial charge on any atom is 0.172 e. The van der Waals surface area contributed by atoms with E-state index in [-0.39, 0.29) is 6.61 Å². The van der Waals surface area contributed by atoms with Crippen molar-refractivity contribution in [3.63, 3.8) is 0 Å². The van der Waals surface area contributed by atoms with Gasteiger partial charge in [-0.15, -0.1) is 0 Å². The minimum atomic E-state index is 0.141. The Bertz CT molecular complexity index is 802. The van der Waals surface area contributed by atoms with Crippen LogP contribution in [0.5, 0.6) is 0 Å². The minimum Gasteiger partial charge on any atom is -0.398 e. The van der Waals surface area contributed by atoms with E-state index in [0.717, 1.165) is 21.5 Å². The predicted octanol–water partition coefficient (Wildman–Crippen LogP) is 2.54. The van der Waals surface area contributed by atoms with E-state index in [9.17, 15) is 0 Å². The first kappa shape index (κ1) is 14.8. The Morgan fingerprint density at radius 3 is 2.91 bits per heavy atom. The molecule has 0 atom stereocenters. The summed E-state index contributed by atoms with van der Waals surface area (Å²) in [7, 11) is 0. The molecule has 4 N–H and O–H groups in total. The number of rotatable bonds is 5. The Kier molecular flexibility index (Phi) is 4.26. The second-order valence-electron chi connectivity index (χ2n) is 4.85. The fourth-order valence-corrected chi connectivity index (χ4v) is 2.57. The summed E-state index contributed by atoms with van der Waals surface area (Å²) in [6, 6.07) is 9.53. The van der Waals surface area contributed by atoms with Gasteiger partial charge in [-0.2, -0.15) is 9.61 Å². The first-order chi connectivity index (χ1) is 10.7. The predicted molar refractivity (Wildman–Crippen MR) is 90.7 cm³/mol. The van der Waals surface area contributed by atoms with E-state index in [1.807, 2.05) is 30.3 Å². The number of hydrogen-bond acceptors (Lipinski definition) is 5. The summed E-state index contributed by atoms with van der Waals surface area (Å²) in [5.41, 5.74) is 9.10. The van der Waals surface area contributed by atoms with Crippen LogP contribution < -0.4 is 11.1 Å². The topological polar surface area (TPSA) is 88.5 Å². The molecule has 0 amide bonds. The lowest BCUT2D eigenvalue weighted by Gasteiger charge is -2.11. The average molecular weight is 362 g/mol. The molecule has 2 aromatic heterocycles. The van der Waals surface area contributed by atoms with Crippen LogP contribution in [0.3, 0.4) is 0 Å². The SMILES string of the molecule is Nc1ccccc1-c1cc(NCCCO)n2ncc(Br)c2n1. The zero-order valence-electron chi connectivity index (χ0n) is 11.8. The van der Waals surface area contributed by atoms with E-state index < -0.39 is 0 Å². The second kappa shape index (κ2) is 6.33. The summed E-state index contributed by atoms with van der Waals surface area (Å²) in [5, 5.41) is 16.5. The van der Waals surface area contributed by atoms with Crippen LogP contribution in [-0.2, 0) is 0 Å². The lowest BCUT2D eigenvalue weighted by Crippen LogP contribution is -2.09. The maximum atomic E-state index is 8.93. The van der Waals surface area contributed by atoms with Gasteiger partial charge in [0, 0.05) is 30.5 Å². The van der Waals surface area contributed by atoms with Crippen molar-refractivity contribution in [3.05, 3.63) is 41.0 Å². The molecule has 1 aromatic carbocycles. The van der Waals surface area contributed by atoms with Gasteiger partial charge in [0.05, 0.1) is 16.4 Å². The Morgan fingerprint density at radius 2 is 2.14 bits per heavy atom. The first-order valence-corrected chi connectivity index (χ1v) is 7.74. The molecule has 3 rings (SSSR count). The van der Waals surface area contributed by atoms with Gasteiger partial charge in [0.15, 0.2) is 5.65 Å².